The van der Waals surface area contributed by atoms with Gasteiger partial charge in [-0.2, -0.15) is 0 Å². The Kier molecular flexibility index (Phi) is 2.79. The molecule has 0 saturated carbocycles. The lowest BCUT2D eigenvalue weighted by Gasteiger charge is -1.98. The number of hydrogen-bond acceptors (Lipinski definition) is 2. The highest BCUT2D eigenvalue weighted by molar-refractivity contribution is 7.99. The first-order chi connectivity index (χ1) is 6.83. The molecule has 74 valence electrons. The predicted molar refractivity (Wildman–Crippen MR) is 62.8 cm³/mol. The first kappa shape index (κ1) is 9.62. The molecule has 14 heavy (non-hydrogen) atoms. The van der Waals surface area contributed by atoms with E-state index in [1.165, 1.54) is 21.5 Å². The molecular formula is C11H14N2S. The summed E-state index contributed by atoms with van der Waals surface area (Å²) in [6.45, 7) is 2.84. The number of fused-ring (bicyclic) bond motifs is 1. The van der Waals surface area contributed by atoms with Gasteiger partial charge in [0.05, 0.1) is 0 Å². The van der Waals surface area contributed by atoms with Crippen molar-refractivity contribution in [3.05, 3.63) is 30.0 Å². The number of aryl methyl sites for hydroxylation is 1. The maximum Gasteiger partial charge on any atom is 0.0467 e. The van der Waals surface area contributed by atoms with E-state index in [1.54, 1.807) is 0 Å². The lowest BCUT2D eigenvalue weighted by molar-refractivity contribution is 1.14. The summed E-state index contributed by atoms with van der Waals surface area (Å²) in [6.07, 6.45) is 0. The number of hydrogen-bond donors (Lipinski definition) is 2. The van der Waals surface area contributed by atoms with Crippen LogP contribution in [-0.4, -0.2) is 17.3 Å². The molecule has 0 atom stereocenters. The van der Waals surface area contributed by atoms with Crippen LogP contribution in [0.5, 0.6) is 0 Å². The highest BCUT2D eigenvalue weighted by Gasteiger charge is 2.06. The fraction of sp³-hybridized carbons (Fsp3) is 0.273. The Bertz CT molecular complexity index is 434. The molecule has 3 N–H and O–H groups in total. The van der Waals surface area contributed by atoms with E-state index < -0.39 is 0 Å². The maximum atomic E-state index is 5.51. The zero-order valence-corrected chi connectivity index (χ0v) is 9.03. The van der Waals surface area contributed by atoms with E-state index in [9.17, 15) is 0 Å². The van der Waals surface area contributed by atoms with E-state index in [2.05, 4.69) is 36.2 Å². The largest absolute Gasteiger partial charge is 0.358 e. The van der Waals surface area contributed by atoms with Crippen molar-refractivity contribution in [2.45, 2.75) is 11.8 Å². The summed E-state index contributed by atoms with van der Waals surface area (Å²) in [5.74, 6) is 0.975. The van der Waals surface area contributed by atoms with E-state index in [0.29, 0.717) is 0 Å². The van der Waals surface area contributed by atoms with Crippen molar-refractivity contribution in [1.29, 1.82) is 0 Å². The second-order valence-corrected chi connectivity index (χ2v) is 4.37. The van der Waals surface area contributed by atoms with Gasteiger partial charge in [-0.25, -0.2) is 0 Å². The number of nitrogens with two attached hydrogens (primary N) is 1. The third-order valence-corrected chi connectivity index (χ3v) is 3.45. The van der Waals surface area contributed by atoms with Crippen LogP contribution in [0.2, 0.25) is 0 Å². The van der Waals surface area contributed by atoms with Gasteiger partial charge in [0.25, 0.3) is 0 Å². The molecule has 0 radical (unpaired) electrons. The normalized spacial score (nSPS) is 11.0. The van der Waals surface area contributed by atoms with E-state index in [0.717, 1.165) is 12.3 Å². The lowest BCUT2D eigenvalue weighted by atomic mass is 10.2. The van der Waals surface area contributed by atoms with Crippen molar-refractivity contribution in [3.63, 3.8) is 0 Å². The van der Waals surface area contributed by atoms with Crippen LogP contribution in [-0.2, 0) is 0 Å². The topological polar surface area (TPSA) is 41.8 Å². The monoisotopic (exact) mass is 206 g/mol. The summed E-state index contributed by atoms with van der Waals surface area (Å²) in [6, 6.07) is 8.38. The van der Waals surface area contributed by atoms with Crippen molar-refractivity contribution in [2.24, 2.45) is 5.73 Å². The average Bonchev–Trinajstić information content (AvgIpc) is 2.51. The fourth-order valence-electron chi connectivity index (χ4n) is 1.60. The van der Waals surface area contributed by atoms with Crippen LogP contribution < -0.4 is 5.73 Å². The standard InChI is InChI=1S/C11H14N2S/c1-8-11(14-7-6-12)9-4-2-3-5-10(9)13-8/h2-5,13H,6-7,12H2,1H3. The lowest BCUT2D eigenvalue weighted by Crippen LogP contribution is -2.00. The number of aromatic nitrogens is 1. The Morgan fingerprint density at radius 3 is 2.93 bits per heavy atom. The number of benzene rings is 1. The molecule has 2 aromatic rings. The molecular weight excluding hydrogens is 192 g/mol. The molecule has 2 nitrogen and oxygen atoms in total. The summed E-state index contributed by atoms with van der Waals surface area (Å²) in [4.78, 5) is 4.71. The van der Waals surface area contributed by atoms with Gasteiger partial charge < -0.3 is 10.7 Å². The van der Waals surface area contributed by atoms with Crippen LogP contribution in [0, 0.1) is 6.92 Å². The fourth-order valence-corrected chi connectivity index (χ4v) is 2.52. The van der Waals surface area contributed by atoms with Gasteiger partial charge in [-0.15, -0.1) is 11.8 Å². The van der Waals surface area contributed by atoms with Crippen molar-refractivity contribution in [3.8, 4) is 0 Å². The average molecular weight is 206 g/mol. The number of rotatable bonds is 3. The first-order valence-corrected chi connectivity index (χ1v) is 5.71. The molecule has 2 rings (SSSR count). The van der Waals surface area contributed by atoms with Crippen LogP contribution in [0.25, 0.3) is 10.9 Å². The molecule has 1 heterocycles. The van der Waals surface area contributed by atoms with E-state index in [4.69, 9.17) is 5.73 Å². The summed E-state index contributed by atoms with van der Waals surface area (Å²) in [5.41, 5.74) is 7.96. The zero-order valence-electron chi connectivity index (χ0n) is 8.21. The number of thioether (sulfide) groups is 1. The van der Waals surface area contributed by atoms with Gasteiger partial charge >= 0.3 is 0 Å². The molecule has 0 aliphatic rings. The van der Waals surface area contributed by atoms with Crippen LogP contribution in [0.3, 0.4) is 0 Å². The second kappa shape index (κ2) is 4.07. The number of aromatic amines is 1. The maximum absolute atomic E-state index is 5.51. The van der Waals surface area contributed by atoms with Gasteiger partial charge in [-0.05, 0) is 13.0 Å². The molecule has 3 heteroatoms. The summed E-state index contributed by atoms with van der Waals surface area (Å²) >= 11 is 1.83. The first-order valence-electron chi connectivity index (χ1n) is 4.73. The Morgan fingerprint density at radius 1 is 1.36 bits per heavy atom. The highest BCUT2D eigenvalue weighted by Crippen LogP contribution is 2.30. The number of para-hydroxylation sites is 1. The Balaban J connectivity index is 2.45. The minimum Gasteiger partial charge on any atom is -0.358 e. The Hall–Kier alpha value is -0.930. The van der Waals surface area contributed by atoms with E-state index in [-0.39, 0.29) is 0 Å². The van der Waals surface area contributed by atoms with Crippen LogP contribution in [0.15, 0.2) is 29.2 Å². The zero-order chi connectivity index (χ0) is 9.97. The minimum atomic E-state index is 0.726. The van der Waals surface area contributed by atoms with Gasteiger partial charge in [0.1, 0.15) is 0 Å². The third kappa shape index (κ3) is 1.65. The van der Waals surface area contributed by atoms with E-state index in [1.807, 2.05) is 11.8 Å². The summed E-state index contributed by atoms with van der Waals surface area (Å²) in [7, 11) is 0. The van der Waals surface area contributed by atoms with Crippen molar-refractivity contribution in [1.82, 2.24) is 4.98 Å². The molecule has 0 unspecified atom stereocenters. The van der Waals surface area contributed by atoms with Crippen molar-refractivity contribution in [2.75, 3.05) is 12.3 Å². The third-order valence-electron chi connectivity index (χ3n) is 2.20. The molecule has 0 bridgehead atoms. The van der Waals surface area contributed by atoms with Crippen LogP contribution >= 0.6 is 11.8 Å². The second-order valence-electron chi connectivity index (χ2n) is 3.26. The number of nitrogens with one attached hydrogen (secondary N) is 1. The van der Waals surface area contributed by atoms with E-state index >= 15 is 0 Å². The Morgan fingerprint density at radius 2 is 2.14 bits per heavy atom. The van der Waals surface area contributed by atoms with Crippen LogP contribution in [0.1, 0.15) is 5.69 Å². The molecule has 0 aliphatic carbocycles. The number of H-pyrrole nitrogens is 1. The van der Waals surface area contributed by atoms with Gasteiger partial charge in [-0.1, -0.05) is 18.2 Å². The van der Waals surface area contributed by atoms with Gasteiger partial charge in [0.2, 0.25) is 0 Å². The summed E-state index contributed by atoms with van der Waals surface area (Å²) < 4.78 is 0. The Labute approximate surface area is 87.9 Å². The molecule has 0 amide bonds. The minimum absolute atomic E-state index is 0.726. The molecule has 1 aromatic heterocycles. The SMILES string of the molecule is Cc1[nH]c2ccccc2c1SCCN. The quantitative estimate of drug-likeness (QED) is 0.758. The smallest absolute Gasteiger partial charge is 0.0467 e. The predicted octanol–water partition coefficient (Wildman–Crippen LogP) is 2.53. The molecule has 0 fully saturated rings. The van der Waals surface area contributed by atoms with Gasteiger partial charge in [0.15, 0.2) is 0 Å². The molecule has 0 spiro atoms. The van der Waals surface area contributed by atoms with Gasteiger partial charge in [0, 0.05) is 33.8 Å². The van der Waals surface area contributed by atoms with Crippen molar-refractivity contribution >= 4 is 22.7 Å². The van der Waals surface area contributed by atoms with Crippen LogP contribution in [0.4, 0.5) is 0 Å². The van der Waals surface area contributed by atoms with Crippen molar-refractivity contribution < 1.29 is 0 Å². The molecule has 0 saturated heterocycles. The summed E-state index contributed by atoms with van der Waals surface area (Å²) in [5, 5.41) is 1.31. The highest BCUT2D eigenvalue weighted by atomic mass is 32.2. The molecule has 1 aromatic carbocycles. The molecule has 0 aliphatic heterocycles. The van der Waals surface area contributed by atoms with Gasteiger partial charge in [-0.3, -0.25) is 0 Å².